The van der Waals surface area contributed by atoms with Gasteiger partial charge >= 0.3 is 0 Å². The Morgan fingerprint density at radius 2 is 1.91 bits per heavy atom. The lowest BCUT2D eigenvalue weighted by Gasteiger charge is -2.24. The molecule has 3 aromatic rings. The van der Waals surface area contributed by atoms with E-state index >= 15 is 0 Å². The molecule has 4 rings (SSSR count). The first kappa shape index (κ1) is 22.1. The van der Waals surface area contributed by atoms with Crippen molar-refractivity contribution in [3.8, 4) is 0 Å². The van der Waals surface area contributed by atoms with E-state index in [1.165, 1.54) is 5.56 Å². The molecule has 1 aliphatic heterocycles. The van der Waals surface area contributed by atoms with E-state index in [0.717, 1.165) is 50.5 Å². The minimum Gasteiger partial charge on any atom is -0.308 e. The number of hydrogen-bond acceptors (Lipinski definition) is 6. The average molecular weight is 434 g/mol. The van der Waals surface area contributed by atoms with Crippen molar-refractivity contribution in [2.45, 2.75) is 19.9 Å². The summed E-state index contributed by atoms with van der Waals surface area (Å²) in [5, 5.41) is 7.27. The topological polar surface area (TPSA) is 79.2 Å². The molecule has 8 heteroatoms. The highest BCUT2D eigenvalue weighted by Gasteiger charge is 2.25. The molecule has 2 aromatic heterocycles. The highest BCUT2D eigenvalue weighted by atomic mass is 16.2. The molecule has 168 valence electrons. The largest absolute Gasteiger partial charge is 0.308 e. The molecule has 1 aliphatic rings. The van der Waals surface area contributed by atoms with Gasteiger partial charge in [0, 0.05) is 70.1 Å². The third-order valence-corrected chi connectivity index (χ3v) is 5.88. The summed E-state index contributed by atoms with van der Waals surface area (Å²) in [6.07, 6.45) is 6.13. The Balaban J connectivity index is 1.42. The summed E-state index contributed by atoms with van der Waals surface area (Å²) in [6, 6.07) is 12.4. The van der Waals surface area contributed by atoms with Crippen LogP contribution in [0.1, 0.15) is 17.0 Å². The minimum absolute atomic E-state index is 0.0298. The number of aromatic nitrogens is 4. The van der Waals surface area contributed by atoms with Crippen molar-refractivity contribution >= 4 is 11.7 Å². The first-order valence-corrected chi connectivity index (χ1v) is 11.1. The lowest BCUT2D eigenvalue weighted by molar-refractivity contribution is -0.117. The maximum atomic E-state index is 12.7. The molecule has 0 aliphatic carbocycles. The van der Waals surface area contributed by atoms with Crippen molar-refractivity contribution in [1.29, 1.82) is 0 Å². The Hall–Kier alpha value is -3.10. The van der Waals surface area contributed by atoms with Crippen LogP contribution in [-0.2, 0) is 24.8 Å². The van der Waals surface area contributed by atoms with Gasteiger partial charge in [0.15, 0.2) is 5.82 Å². The van der Waals surface area contributed by atoms with Gasteiger partial charge in [-0.25, -0.2) is 0 Å². The van der Waals surface area contributed by atoms with Crippen LogP contribution >= 0.6 is 0 Å². The van der Waals surface area contributed by atoms with E-state index in [1.54, 1.807) is 17.1 Å². The van der Waals surface area contributed by atoms with E-state index in [1.807, 2.05) is 32.3 Å². The Labute approximate surface area is 189 Å². The quantitative estimate of drug-likeness (QED) is 0.615. The predicted octanol–water partition coefficient (Wildman–Crippen LogP) is 2.13. The van der Waals surface area contributed by atoms with E-state index in [4.69, 9.17) is 0 Å². The highest BCUT2D eigenvalue weighted by Crippen LogP contribution is 2.17. The van der Waals surface area contributed by atoms with E-state index in [0.29, 0.717) is 18.3 Å². The Bertz CT molecular complexity index is 986. The molecule has 0 bridgehead atoms. The summed E-state index contributed by atoms with van der Waals surface area (Å²) in [5.41, 5.74) is 3.31. The second-order valence-corrected chi connectivity index (χ2v) is 8.57. The molecule has 1 saturated heterocycles. The number of anilines is 1. The van der Waals surface area contributed by atoms with E-state index in [9.17, 15) is 4.79 Å². The normalized spacial score (nSPS) is 17.8. The molecule has 32 heavy (non-hydrogen) atoms. The molecule has 0 saturated carbocycles. The molecule has 1 aromatic carbocycles. The van der Waals surface area contributed by atoms with E-state index in [2.05, 4.69) is 54.4 Å². The van der Waals surface area contributed by atoms with E-state index in [-0.39, 0.29) is 5.91 Å². The van der Waals surface area contributed by atoms with Gasteiger partial charge in [0.1, 0.15) is 0 Å². The third-order valence-electron chi connectivity index (χ3n) is 5.88. The zero-order valence-corrected chi connectivity index (χ0v) is 18.8. The van der Waals surface area contributed by atoms with Crippen LogP contribution in [0.5, 0.6) is 0 Å². The second-order valence-electron chi connectivity index (χ2n) is 8.57. The van der Waals surface area contributed by atoms with Gasteiger partial charge in [0.2, 0.25) is 5.91 Å². The smallest absolute Gasteiger partial charge is 0.239 e. The Morgan fingerprint density at radius 1 is 1.12 bits per heavy atom. The summed E-state index contributed by atoms with van der Waals surface area (Å²) < 4.78 is 1.76. The average Bonchev–Trinajstić information content (AvgIpc) is 2.97. The van der Waals surface area contributed by atoms with Gasteiger partial charge in [-0.2, -0.15) is 5.10 Å². The van der Waals surface area contributed by atoms with Crippen LogP contribution in [0.3, 0.4) is 0 Å². The minimum atomic E-state index is -0.0298. The number of nitrogens with one attached hydrogen (secondary N) is 1. The van der Waals surface area contributed by atoms with Crippen LogP contribution in [0.15, 0.2) is 55.0 Å². The van der Waals surface area contributed by atoms with Crippen molar-refractivity contribution in [3.63, 3.8) is 0 Å². The SMILES string of the molecule is Cc1cc(NC(=O)CN2CCN(Cc3ccccc3)C[C@@H](Cc3cnccn3)C2)nn1C. The van der Waals surface area contributed by atoms with Gasteiger partial charge in [-0.1, -0.05) is 30.3 Å². The maximum absolute atomic E-state index is 12.7. The van der Waals surface area contributed by atoms with Crippen LogP contribution in [0, 0.1) is 12.8 Å². The molecule has 1 fully saturated rings. The van der Waals surface area contributed by atoms with Crippen LogP contribution in [0.2, 0.25) is 0 Å². The summed E-state index contributed by atoms with van der Waals surface area (Å²) in [7, 11) is 1.87. The van der Waals surface area contributed by atoms with Crippen LogP contribution in [-0.4, -0.2) is 68.2 Å². The standard InChI is InChI=1S/C24H31N7O/c1-19-12-23(28-29(19)2)27-24(32)18-31-11-10-30(15-20-6-4-3-5-7-20)16-21(17-31)13-22-14-25-8-9-26-22/h3-9,12,14,21H,10-11,13,15-18H2,1-2H3,(H,27,28,32)/t21-/m1/s1. The van der Waals surface area contributed by atoms with Crippen molar-refractivity contribution < 1.29 is 4.79 Å². The van der Waals surface area contributed by atoms with Gasteiger partial charge < -0.3 is 5.32 Å². The Kier molecular flexibility index (Phi) is 7.24. The lowest BCUT2D eigenvalue weighted by atomic mass is 10.0. The van der Waals surface area contributed by atoms with Crippen molar-refractivity contribution in [2.75, 3.05) is 38.0 Å². The zero-order chi connectivity index (χ0) is 22.3. The number of carbonyl (C=O) groups excluding carboxylic acids is 1. The van der Waals surface area contributed by atoms with Crippen molar-refractivity contribution in [2.24, 2.45) is 13.0 Å². The summed E-state index contributed by atoms with van der Waals surface area (Å²) in [6.45, 7) is 6.80. The number of nitrogens with zero attached hydrogens (tertiary/aromatic N) is 6. The predicted molar refractivity (Wildman–Crippen MR) is 124 cm³/mol. The molecule has 0 unspecified atom stereocenters. The summed E-state index contributed by atoms with van der Waals surface area (Å²) in [4.78, 5) is 26.1. The van der Waals surface area contributed by atoms with Gasteiger partial charge in [-0.15, -0.1) is 0 Å². The first-order valence-electron chi connectivity index (χ1n) is 11.1. The number of amides is 1. The molecular formula is C24H31N7O. The zero-order valence-electron chi connectivity index (χ0n) is 18.8. The van der Waals surface area contributed by atoms with Crippen LogP contribution in [0.4, 0.5) is 5.82 Å². The number of hydrogen-bond donors (Lipinski definition) is 1. The summed E-state index contributed by atoms with van der Waals surface area (Å²) >= 11 is 0. The maximum Gasteiger partial charge on any atom is 0.239 e. The molecule has 1 amide bonds. The number of benzene rings is 1. The van der Waals surface area contributed by atoms with Gasteiger partial charge in [0.05, 0.1) is 12.2 Å². The number of aryl methyl sites for hydroxylation is 2. The van der Waals surface area contributed by atoms with E-state index < -0.39 is 0 Å². The molecule has 8 nitrogen and oxygen atoms in total. The van der Waals surface area contributed by atoms with Gasteiger partial charge in [0.25, 0.3) is 0 Å². The summed E-state index contributed by atoms with van der Waals surface area (Å²) in [5.74, 6) is 0.937. The Morgan fingerprint density at radius 3 is 2.62 bits per heavy atom. The molecular weight excluding hydrogens is 402 g/mol. The fraction of sp³-hybridized carbons (Fsp3) is 0.417. The van der Waals surface area contributed by atoms with Crippen molar-refractivity contribution in [1.82, 2.24) is 29.5 Å². The molecule has 0 spiro atoms. The second kappa shape index (κ2) is 10.5. The van der Waals surface area contributed by atoms with Gasteiger partial charge in [-0.05, 0) is 24.8 Å². The fourth-order valence-electron chi connectivity index (χ4n) is 4.25. The van der Waals surface area contributed by atoms with Crippen molar-refractivity contribution in [3.05, 3.63) is 71.9 Å². The molecule has 3 heterocycles. The molecule has 0 radical (unpaired) electrons. The fourth-order valence-corrected chi connectivity index (χ4v) is 4.25. The third kappa shape index (κ3) is 6.21. The number of rotatable bonds is 7. The monoisotopic (exact) mass is 433 g/mol. The van der Waals surface area contributed by atoms with Crippen LogP contribution < -0.4 is 5.32 Å². The first-order chi connectivity index (χ1) is 15.5. The van der Waals surface area contributed by atoms with Gasteiger partial charge in [-0.3, -0.25) is 29.2 Å². The number of carbonyl (C=O) groups is 1. The lowest BCUT2D eigenvalue weighted by Crippen LogP contribution is -2.37. The van der Waals surface area contributed by atoms with Crippen LogP contribution in [0.25, 0.3) is 0 Å². The molecule has 1 N–H and O–H groups in total. The highest BCUT2D eigenvalue weighted by molar-refractivity contribution is 5.91. The molecule has 1 atom stereocenters.